The molecule has 6 heteroatoms. The molecule has 0 aliphatic rings. The van der Waals surface area contributed by atoms with Crippen LogP contribution < -0.4 is 0 Å². The maximum Gasteiger partial charge on any atom is 0.337 e. The SMILES string of the molecule is O=C(O)c1cc(F)ccc1Sc1ccc2ccccc2c1C(=O)O. The third-order valence-corrected chi connectivity index (χ3v) is 4.63. The molecule has 120 valence electrons. The molecule has 0 spiro atoms. The van der Waals surface area contributed by atoms with E-state index in [4.69, 9.17) is 0 Å². The van der Waals surface area contributed by atoms with Gasteiger partial charge in [0, 0.05) is 9.79 Å². The second kappa shape index (κ2) is 6.33. The second-order valence-corrected chi connectivity index (χ2v) is 6.10. The molecule has 0 aliphatic carbocycles. The predicted molar refractivity (Wildman–Crippen MR) is 88.4 cm³/mol. The van der Waals surface area contributed by atoms with Gasteiger partial charge in [0.05, 0.1) is 11.1 Å². The zero-order chi connectivity index (χ0) is 17.3. The summed E-state index contributed by atoms with van der Waals surface area (Å²) in [5.41, 5.74) is -0.108. The van der Waals surface area contributed by atoms with Gasteiger partial charge in [-0.25, -0.2) is 14.0 Å². The highest BCUT2D eigenvalue weighted by Crippen LogP contribution is 2.36. The van der Waals surface area contributed by atoms with Gasteiger partial charge in [0.25, 0.3) is 0 Å². The van der Waals surface area contributed by atoms with Crippen LogP contribution in [-0.2, 0) is 0 Å². The van der Waals surface area contributed by atoms with Crippen LogP contribution in [0.2, 0.25) is 0 Å². The maximum atomic E-state index is 13.3. The monoisotopic (exact) mass is 342 g/mol. The number of hydrogen-bond donors (Lipinski definition) is 2. The molecular weight excluding hydrogens is 331 g/mol. The summed E-state index contributed by atoms with van der Waals surface area (Å²) in [5, 5.41) is 20.1. The molecule has 0 saturated carbocycles. The number of carboxylic acids is 2. The summed E-state index contributed by atoms with van der Waals surface area (Å²) in [6.07, 6.45) is 0. The molecule has 24 heavy (non-hydrogen) atoms. The number of hydrogen-bond acceptors (Lipinski definition) is 3. The van der Waals surface area contributed by atoms with Gasteiger partial charge >= 0.3 is 11.9 Å². The van der Waals surface area contributed by atoms with E-state index in [1.807, 2.05) is 6.07 Å². The number of carbonyl (C=O) groups is 2. The topological polar surface area (TPSA) is 74.6 Å². The summed E-state index contributed by atoms with van der Waals surface area (Å²) in [5.74, 6) is -3.03. The molecule has 0 aliphatic heterocycles. The van der Waals surface area contributed by atoms with Crippen molar-refractivity contribution >= 4 is 34.5 Å². The lowest BCUT2D eigenvalue weighted by molar-refractivity contribution is 0.0684. The van der Waals surface area contributed by atoms with Crippen molar-refractivity contribution in [3.05, 3.63) is 71.5 Å². The van der Waals surface area contributed by atoms with Gasteiger partial charge in [0.2, 0.25) is 0 Å². The van der Waals surface area contributed by atoms with Crippen LogP contribution in [0, 0.1) is 5.82 Å². The Bertz CT molecular complexity index is 968. The van der Waals surface area contributed by atoms with Crippen molar-refractivity contribution < 1.29 is 24.2 Å². The number of halogens is 1. The summed E-state index contributed by atoms with van der Waals surface area (Å²) in [6, 6.07) is 13.9. The fourth-order valence-electron chi connectivity index (χ4n) is 2.43. The highest BCUT2D eigenvalue weighted by molar-refractivity contribution is 7.99. The van der Waals surface area contributed by atoms with Gasteiger partial charge in [0.15, 0.2) is 0 Å². The second-order valence-electron chi connectivity index (χ2n) is 5.01. The number of benzene rings is 3. The van der Waals surface area contributed by atoms with Crippen LogP contribution >= 0.6 is 11.8 Å². The first kappa shape index (κ1) is 16.0. The van der Waals surface area contributed by atoms with Gasteiger partial charge in [-0.2, -0.15) is 0 Å². The average Bonchev–Trinajstić information content (AvgIpc) is 2.55. The molecule has 0 bridgehead atoms. The third kappa shape index (κ3) is 2.96. The smallest absolute Gasteiger partial charge is 0.337 e. The van der Waals surface area contributed by atoms with Crippen LogP contribution in [0.4, 0.5) is 4.39 Å². The Morgan fingerprint density at radius 3 is 2.29 bits per heavy atom. The Morgan fingerprint density at radius 1 is 0.875 bits per heavy atom. The molecule has 0 heterocycles. The van der Waals surface area contributed by atoms with Crippen molar-refractivity contribution in [1.29, 1.82) is 0 Å². The van der Waals surface area contributed by atoms with E-state index in [0.29, 0.717) is 10.3 Å². The molecule has 0 aromatic heterocycles. The fourth-order valence-corrected chi connectivity index (χ4v) is 3.50. The highest BCUT2D eigenvalue weighted by atomic mass is 32.2. The van der Waals surface area contributed by atoms with Gasteiger partial charge in [-0.1, -0.05) is 42.1 Å². The van der Waals surface area contributed by atoms with Crippen molar-refractivity contribution in [2.45, 2.75) is 9.79 Å². The minimum atomic E-state index is -1.27. The van der Waals surface area contributed by atoms with Gasteiger partial charge in [-0.15, -0.1) is 0 Å². The Kier molecular flexibility index (Phi) is 4.22. The Balaban J connectivity index is 2.16. The molecule has 0 atom stereocenters. The highest BCUT2D eigenvalue weighted by Gasteiger charge is 2.18. The molecule has 3 aromatic carbocycles. The summed E-state index contributed by atoms with van der Waals surface area (Å²) in [6.45, 7) is 0. The molecule has 4 nitrogen and oxygen atoms in total. The van der Waals surface area contributed by atoms with Crippen LogP contribution in [0.1, 0.15) is 20.7 Å². The number of carboxylic acid groups (broad SMARTS) is 2. The van der Waals surface area contributed by atoms with E-state index in [1.54, 1.807) is 30.3 Å². The lowest BCUT2D eigenvalue weighted by Crippen LogP contribution is -2.02. The fraction of sp³-hybridized carbons (Fsp3) is 0. The van der Waals surface area contributed by atoms with E-state index in [1.165, 1.54) is 6.07 Å². The van der Waals surface area contributed by atoms with Crippen LogP contribution in [-0.4, -0.2) is 22.2 Å². The molecular formula is C18H11FO4S. The van der Waals surface area contributed by atoms with E-state index < -0.39 is 17.8 Å². The van der Waals surface area contributed by atoms with Gasteiger partial charge in [0.1, 0.15) is 5.82 Å². The standard InChI is InChI=1S/C18H11FO4S/c19-11-6-8-14(13(9-11)17(20)21)24-15-7-5-10-3-1-2-4-12(10)16(15)18(22)23/h1-9H,(H,20,21)(H,22,23). The number of aromatic carboxylic acids is 2. The van der Waals surface area contributed by atoms with Crippen molar-refractivity contribution in [1.82, 2.24) is 0 Å². The quantitative estimate of drug-likeness (QED) is 0.729. The van der Waals surface area contributed by atoms with Crippen molar-refractivity contribution in [3.63, 3.8) is 0 Å². The van der Waals surface area contributed by atoms with Crippen LogP contribution in [0.5, 0.6) is 0 Å². The third-order valence-electron chi connectivity index (χ3n) is 3.50. The van der Waals surface area contributed by atoms with Gasteiger partial charge in [-0.05, 0) is 35.0 Å². The molecule has 3 aromatic rings. The minimum Gasteiger partial charge on any atom is -0.478 e. The maximum absolute atomic E-state index is 13.3. The first-order chi connectivity index (χ1) is 11.5. The average molecular weight is 342 g/mol. The normalized spacial score (nSPS) is 10.7. The molecule has 0 radical (unpaired) electrons. The largest absolute Gasteiger partial charge is 0.478 e. The number of fused-ring (bicyclic) bond motifs is 1. The summed E-state index contributed by atoms with van der Waals surface area (Å²) >= 11 is 0.993. The molecule has 2 N–H and O–H groups in total. The van der Waals surface area contributed by atoms with Crippen molar-refractivity contribution in [2.24, 2.45) is 0 Å². The van der Waals surface area contributed by atoms with E-state index in [0.717, 1.165) is 29.3 Å². The minimum absolute atomic E-state index is 0.0961. The first-order valence-corrected chi connectivity index (χ1v) is 7.75. The van der Waals surface area contributed by atoms with Crippen LogP contribution in [0.15, 0.2) is 64.4 Å². The van der Waals surface area contributed by atoms with Crippen molar-refractivity contribution in [3.8, 4) is 0 Å². The molecule has 0 fully saturated rings. The van der Waals surface area contributed by atoms with Gasteiger partial charge < -0.3 is 10.2 Å². The summed E-state index contributed by atoms with van der Waals surface area (Å²) in [4.78, 5) is 23.7. The van der Waals surface area contributed by atoms with Crippen molar-refractivity contribution in [2.75, 3.05) is 0 Å². The van der Waals surface area contributed by atoms with Crippen LogP contribution in [0.3, 0.4) is 0 Å². The van der Waals surface area contributed by atoms with Crippen LogP contribution in [0.25, 0.3) is 10.8 Å². The Labute approximate surface area is 140 Å². The lowest BCUT2D eigenvalue weighted by atomic mass is 10.0. The molecule has 0 unspecified atom stereocenters. The summed E-state index contributed by atoms with van der Waals surface area (Å²) in [7, 11) is 0. The Morgan fingerprint density at radius 2 is 1.58 bits per heavy atom. The van der Waals surface area contributed by atoms with E-state index >= 15 is 0 Å². The van der Waals surface area contributed by atoms with E-state index in [-0.39, 0.29) is 16.0 Å². The first-order valence-electron chi connectivity index (χ1n) is 6.93. The van der Waals surface area contributed by atoms with Gasteiger partial charge in [-0.3, -0.25) is 0 Å². The zero-order valence-corrected chi connectivity index (χ0v) is 13.0. The molecule has 3 rings (SSSR count). The van der Waals surface area contributed by atoms with E-state index in [2.05, 4.69) is 0 Å². The number of rotatable bonds is 4. The zero-order valence-electron chi connectivity index (χ0n) is 12.2. The Hall–Kier alpha value is -2.86. The lowest BCUT2D eigenvalue weighted by Gasteiger charge is -2.11. The van der Waals surface area contributed by atoms with E-state index in [9.17, 15) is 24.2 Å². The predicted octanol–water partition coefficient (Wildman–Crippen LogP) is 4.53. The summed E-state index contributed by atoms with van der Waals surface area (Å²) < 4.78 is 13.3. The molecule has 0 amide bonds. The molecule has 0 saturated heterocycles.